The van der Waals surface area contributed by atoms with Crippen molar-refractivity contribution in [2.45, 2.75) is 24.9 Å². The van der Waals surface area contributed by atoms with Crippen molar-refractivity contribution in [2.75, 3.05) is 6.54 Å². The summed E-state index contributed by atoms with van der Waals surface area (Å²) in [5, 5.41) is 6.65. The molecule has 1 fully saturated rings. The Labute approximate surface area is 202 Å². The van der Waals surface area contributed by atoms with Gasteiger partial charge in [0.05, 0.1) is 6.04 Å². The van der Waals surface area contributed by atoms with Gasteiger partial charge in [0.1, 0.15) is 17.9 Å². The van der Waals surface area contributed by atoms with E-state index in [1.165, 1.54) is 0 Å². The molecule has 7 heteroatoms. The van der Waals surface area contributed by atoms with Crippen LogP contribution in [0.4, 0.5) is 4.79 Å². The summed E-state index contributed by atoms with van der Waals surface area (Å²) >= 11 is 0. The molecule has 4 amide bonds. The molecule has 1 saturated heterocycles. The van der Waals surface area contributed by atoms with Gasteiger partial charge in [-0.3, -0.25) is 14.5 Å². The molecule has 35 heavy (non-hydrogen) atoms. The van der Waals surface area contributed by atoms with Crippen LogP contribution in [0.3, 0.4) is 0 Å². The minimum Gasteiger partial charge on any atom is -0.459 e. The van der Waals surface area contributed by atoms with E-state index in [2.05, 4.69) is 10.6 Å². The summed E-state index contributed by atoms with van der Waals surface area (Å²) < 4.78 is 5.83. The Balaban J connectivity index is 1.35. The van der Waals surface area contributed by atoms with E-state index in [0.717, 1.165) is 21.4 Å². The maximum Gasteiger partial charge on any atom is 0.325 e. The number of nitrogens with zero attached hydrogens (tertiary/aromatic N) is 1. The van der Waals surface area contributed by atoms with Crippen LogP contribution in [0, 0.1) is 0 Å². The number of amides is 4. The Bertz CT molecular complexity index is 1350. The van der Waals surface area contributed by atoms with Crippen LogP contribution in [-0.2, 0) is 21.5 Å². The lowest BCUT2D eigenvalue weighted by atomic mass is 9.83. The molecule has 0 bridgehead atoms. The van der Waals surface area contributed by atoms with Crippen LogP contribution in [0.15, 0.2) is 95.4 Å². The molecular formula is C28H25N3O4. The summed E-state index contributed by atoms with van der Waals surface area (Å²) in [6, 6.07) is 27.1. The predicted octanol–water partition coefficient (Wildman–Crippen LogP) is 4.30. The molecule has 2 atom stereocenters. The van der Waals surface area contributed by atoms with Gasteiger partial charge in [-0.25, -0.2) is 4.79 Å². The molecule has 1 aliphatic rings. The summed E-state index contributed by atoms with van der Waals surface area (Å²) in [5.41, 5.74) is 1.01. The highest BCUT2D eigenvalue weighted by molar-refractivity contribution is 6.09. The lowest BCUT2D eigenvalue weighted by molar-refractivity contribution is -0.135. The fourth-order valence-electron chi connectivity index (χ4n) is 4.53. The number of rotatable bonds is 7. The average Bonchev–Trinajstić information content (AvgIpc) is 3.41. The van der Waals surface area contributed by atoms with E-state index in [0.29, 0.717) is 11.3 Å². The molecule has 2 heterocycles. The van der Waals surface area contributed by atoms with E-state index in [9.17, 15) is 14.4 Å². The van der Waals surface area contributed by atoms with Crippen molar-refractivity contribution in [1.29, 1.82) is 0 Å². The van der Waals surface area contributed by atoms with Gasteiger partial charge in [0, 0.05) is 11.8 Å². The van der Waals surface area contributed by atoms with Crippen molar-refractivity contribution in [1.82, 2.24) is 15.5 Å². The minimum atomic E-state index is -1.29. The van der Waals surface area contributed by atoms with E-state index in [1.54, 1.807) is 6.92 Å². The molecular weight excluding hydrogens is 442 g/mol. The molecule has 0 aliphatic carbocycles. The molecule has 4 aromatic rings. The Morgan fingerprint density at radius 3 is 2.34 bits per heavy atom. The SMILES string of the molecule is C[C@H](NC(=O)CN1C(=O)N[C@](Cc2ccccc2)(c2ccccc2)C1=O)c1cc2ccccc2o1. The molecule has 0 radical (unpaired) electrons. The summed E-state index contributed by atoms with van der Waals surface area (Å²) in [7, 11) is 0. The maximum absolute atomic E-state index is 13.7. The second-order valence-electron chi connectivity index (χ2n) is 8.73. The fraction of sp³-hybridized carbons (Fsp3) is 0.179. The number of carbonyl (C=O) groups excluding carboxylic acids is 3. The second kappa shape index (κ2) is 9.10. The van der Waals surface area contributed by atoms with E-state index >= 15 is 0 Å². The lowest BCUT2D eigenvalue weighted by Gasteiger charge is -2.27. The zero-order chi connectivity index (χ0) is 24.4. The molecule has 176 valence electrons. The van der Waals surface area contributed by atoms with Gasteiger partial charge in [0.15, 0.2) is 5.54 Å². The monoisotopic (exact) mass is 467 g/mol. The topological polar surface area (TPSA) is 91.7 Å². The number of nitrogens with one attached hydrogen (secondary N) is 2. The molecule has 2 N–H and O–H groups in total. The number of para-hydroxylation sites is 1. The zero-order valence-corrected chi connectivity index (χ0v) is 19.2. The van der Waals surface area contributed by atoms with Gasteiger partial charge < -0.3 is 15.1 Å². The molecule has 7 nitrogen and oxygen atoms in total. The van der Waals surface area contributed by atoms with Crippen LogP contribution in [0.5, 0.6) is 0 Å². The van der Waals surface area contributed by atoms with Gasteiger partial charge in [-0.15, -0.1) is 0 Å². The molecule has 1 aromatic heterocycles. The highest BCUT2D eigenvalue weighted by Gasteiger charge is 2.52. The first-order chi connectivity index (χ1) is 17.0. The zero-order valence-electron chi connectivity index (χ0n) is 19.2. The number of carbonyl (C=O) groups is 3. The normalized spacial score (nSPS) is 18.5. The first-order valence-electron chi connectivity index (χ1n) is 11.5. The average molecular weight is 468 g/mol. The van der Waals surface area contributed by atoms with Crippen molar-refractivity contribution < 1.29 is 18.8 Å². The van der Waals surface area contributed by atoms with Crippen molar-refractivity contribution in [3.63, 3.8) is 0 Å². The molecule has 0 saturated carbocycles. The quantitative estimate of drug-likeness (QED) is 0.397. The highest BCUT2D eigenvalue weighted by atomic mass is 16.3. The Morgan fingerprint density at radius 2 is 1.63 bits per heavy atom. The van der Waals surface area contributed by atoms with Crippen LogP contribution in [-0.4, -0.2) is 29.3 Å². The molecule has 0 spiro atoms. The van der Waals surface area contributed by atoms with E-state index in [4.69, 9.17) is 4.42 Å². The van der Waals surface area contributed by atoms with Crippen LogP contribution in [0.2, 0.25) is 0 Å². The largest absolute Gasteiger partial charge is 0.459 e. The van der Waals surface area contributed by atoms with Gasteiger partial charge in [0.2, 0.25) is 5.91 Å². The van der Waals surface area contributed by atoms with E-state index in [-0.39, 0.29) is 6.42 Å². The number of benzene rings is 3. The number of imide groups is 1. The minimum absolute atomic E-state index is 0.274. The summed E-state index contributed by atoms with van der Waals surface area (Å²) in [6.07, 6.45) is 0.274. The summed E-state index contributed by atoms with van der Waals surface area (Å²) in [4.78, 5) is 40.5. The van der Waals surface area contributed by atoms with Gasteiger partial charge in [-0.2, -0.15) is 0 Å². The van der Waals surface area contributed by atoms with E-state index < -0.39 is 36.0 Å². The number of fused-ring (bicyclic) bond motifs is 1. The number of furan rings is 1. The van der Waals surface area contributed by atoms with Crippen molar-refractivity contribution in [2.24, 2.45) is 0 Å². The third kappa shape index (κ3) is 4.28. The molecule has 0 unspecified atom stereocenters. The first-order valence-corrected chi connectivity index (χ1v) is 11.5. The third-order valence-corrected chi connectivity index (χ3v) is 6.30. The Hall–Kier alpha value is -4.39. The van der Waals surface area contributed by atoms with Crippen LogP contribution < -0.4 is 10.6 Å². The van der Waals surface area contributed by atoms with Crippen molar-refractivity contribution in [3.05, 3.63) is 108 Å². The van der Waals surface area contributed by atoms with Gasteiger partial charge in [0.25, 0.3) is 5.91 Å². The van der Waals surface area contributed by atoms with Gasteiger partial charge >= 0.3 is 6.03 Å². The molecule has 1 aliphatic heterocycles. The number of hydrogen-bond acceptors (Lipinski definition) is 4. The summed E-state index contributed by atoms with van der Waals surface area (Å²) in [5.74, 6) is -0.311. The van der Waals surface area contributed by atoms with Gasteiger partial charge in [-0.1, -0.05) is 78.9 Å². The Kier molecular flexibility index (Phi) is 5.82. The third-order valence-electron chi connectivity index (χ3n) is 6.30. The van der Waals surface area contributed by atoms with Crippen LogP contribution in [0.1, 0.15) is 29.9 Å². The molecule has 3 aromatic carbocycles. The van der Waals surface area contributed by atoms with Crippen molar-refractivity contribution >= 4 is 28.8 Å². The number of urea groups is 1. The lowest BCUT2D eigenvalue weighted by Crippen LogP contribution is -2.47. The molecule has 5 rings (SSSR count). The summed E-state index contributed by atoms with van der Waals surface area (Å²) in [6.45, 7) is 1.41. The smallest absolute Gasteiger partial charge is 0.325 e. The van der Waals surface area contributed by atoms with Crippen LogP contribution >= 0.6 is 0 Å². The van der Waals surface area contributed by atoms with E-state index in [1.807, 2.05) is 91.0 Å². The van der Waals surface area contributed by atoms with Gasteiger partial charge in [-0.05, 0) is 30.2 Å². The first kappa shape index (κ1) is 22.4. The Morgan fingerprint density at radius 1 is 0.971 bits per heavy atom. The fourth-order valence-corrected chi connectivity index (χ4v) is 4.53. The van der Waals surface area contributed by atoms with Crippen LogP contribution in [0.25, 0.3) is 11.0 Å². The van der Waals surface area contributed by atoms with Crippen molar-refractivity contribution in [3.8, 4) is 0 Å². The standard InChI is InChI=1S/C28H25N3O4/c1-19(24-16-21-12-8-9-15-23(21)35-24)29-25(32)18-31-26(33)28(30-27(31)34,22-13-6-3-7-14-22)17-20-10-4-2-5-11-20/h2-16,19H,17-18H2,1H3,(H,29,32)(H,30,34)/t19-,28+/m0/s1. The second-order valence-corrected chi connectivity index (χ2v) is 8.73. The highest BCUT2D eigenvalue weighted by Crippen LogP contribution is 2.33. The maximum atomic E-state index is 13.7. The number of hydrogen-bond donors (Lipinski definition) is 2. The predicted molar refractivity (Wildman–Crippen MR) is 131 cm³/mol.